The van der Waals surface area contributed by atoms with Crippen LogP contribution in [-0.2, 0) is 10.0 Å². The van der Waals surface area contributed by atoms with Crippen LogP contribution in [0, 0.1) is 0 Å². The van der Waals surface area contributed by atoms with Crippen molar-refractivity contribution in [1.29, 1.82) is 0 Å². The normalized spacial score (nSPS) is 12.3. The molecule has 0 amide bonds. The molecular weight excluding hydrogens is 348 g/mol. The number of phenolic OH excluding ortho intramolecular Hbond substituents is 1. The zero-order valence-electron chi connectivity index (χ0n) is 16.2. The van der Waals surface area contributed by atoms with Crippen molar-refractivity contribution < 1.29 is 13.5 Å². The van der Waals surface area contributed by atoms with Gasteiger partial charge in [0.2, 0.25) is 10.0 Å². The Bertz CT molecular complexity index is 642. The van der Waals surface area contributed by atoms with E-state index in [1.54, 1.807) is 31.2 Å². The highest BCUT2D eigenvalue weighted by Crippen LogP contribution is 2.12. The van der Waals surface area contributed by atoms with Crippen molar-refractivity contribution in [3.63, 3.8) is 0 Å². The third-order valence-corrected chi connectivity index (χ3v) is 5.58. The first kappa shape index (κ1) is 22.5. The molecule has 0 radical (unpaired) electrons. The van der Waals surface area contributed by atoms with Crippen LogP contribution < -0.4 is 4.83 Å². The van der Waals surface area contributed by atoms with Gasteiger partial charge in [0.15, 0.2) is 0 Å². The molecule has 1 aromatic carbocycles. The van der Waals surface area contributed by atoms with Crippen molar-refractivity contribution in [1.82, 2.24) is 4.83 Å². The van der Waals surface area contributed by atoms with E-state index in [1.165, 1.54) is 44.9 Å². The number of unbranched alkanes of at least 4 members (excludes halogenated alkanes) is 9. The van der Waals surface area contributed by atoms with Gasteiger partial charge in [0, 0.05) is 5.56 Å². The molecule has 1 rings (SSSR count). The highest BCUT2D eigenvalue weighted by Gasteiger charge is 2.09. The molecule has 0 atom stereocenters. The molecule has 0 aromatic heterocycles. The molecular formula is C20H34N2O3S. The second-order valence-electron chi connectivity index (χ2n) is 6.84. The van der Waals surface area contributed by atoms with Gasteiger partial charge in [0.05, 0.1) is 11.5 Å². The molecule has 0 aliphatic heterocycles. The summed E-state index contributed by atoms with van der Waals surface area (Å²) in [6.45, 7) is 3.93. The zero-order valence-corrected chi connectivity index (χ0v) is 17.0. The predicted molar refractivity (Wildman–Crippen MR) is 109 cm³/mol. The van der Waals surface area contributed by atoms with E-state index in [4.69, 9.17) is 0 Å². The summed E-state index contributed by atoms with van der Waals surface area (Å²) in [5.74, 6) is 0.227. The molecule has 6 heteroatoms. The smallest absolute Gasteiger partial charge is 0.247 e. The van der Waals surface area contributed by atoms with Crippen LogP contribution in [0.5, 0.6) is 5.75 Å². The lowest BCUT2D eigenvalue weighted by molar-refractivity contribution is 0.475. The number of hydrogen-bond donors (Lipinski definition) is 2. The molecule has 1 aromatic rings. The summed E-state index contributed by atoms with van der Waals surface area (Å²) < 4.78 is 24.0. The van der Waals surface area contributed by atoms with Crippen molar-refractivity contribution >= 4 is 15.7 Å². The monoisotopic (exact) mass is 382 g/mol. The third kappa shape index (κ3) is 10.4. The van der Waals surface area contributed by atoms with E-state index < -0.39 is 10.0 Å². The maximum Gasteiger partial charge on any atom is 0.247 e. The standard InChI is InChI=1S/C20H34N2O3S/c1-3-4-5-6-7-8-9-10-11-12-16-26(24,25)22-21-18(2)19-14-13-15-20(23)17-19/h13-15,17,22-23H,3-12,16H2,1-2H3/b21-18+. The Morgan fingerprint density at radius 2 is 1.58 bits per heavy atom. The van der Waals surface area contributed by atoms with E-state index in [0.29, 0.717) is 17.7 Å². The summed E-state index contributed by atoms with van der Waals surface area (Å²) in [7, 11) is -3.40. The molecule has 26 heavy (non-hydrogen) atoms. The number of benzene rings is 1. The molecule has 0 saturated heterocycles. The number of aromatic hydroxyl groups is 1. The Labute approximate surface area is 159 Å². The third-order valence-electron chi connectivity index (χ3n) is 4.38. The van der Waals surface area contributed by atoms with Crippen molar-refractivity contribution in [3.8, 4) is 5.75 Å². The number of hydrogen-bond acceptors (Lipinski definition) is 4. The SMILES string of the molecule is CCCCCCCCCCCCS(=O)(=O)N/N=C(\C)c1cccc(O)c1. The Balaban J connectivity index is 2.19. The van der Waals surface area contributed by atoms with Crippen molar-refractivity contribution in [2.24, 2.45) is 5.10 Å². The van der Waals surface area contributed by atoms with Gasteiger partial charge in [0.1, 0.15) is 5.75 Å². The largest absolute Gasteiger partial charge is 0.508 e. The van der Waals surface area contributed by atoms with Crippen LogP contribution >= 0.6 is 0 Å². The van der Waals surface area contributed by atoms with Gasteiger partial charge in [0.25, 0.3) is 0 Å². The minimum Gasteiger partial charge on any atom is -0.508 e. The maximum absolute atomic E-state index is 12.0. The van der Waals surface area contributed by atoms with Crippen molar-refractivity contribution in [2.75, 3.05) is 5.75 Å². The van der Waals surface area contributed by atoms with Gasteiger partial charge in [-0.05, 0) is 25.5 Å². The van der Waals surface area contributed by atoms with Gasteiger partial charge in [-0.25, -0.2) is 13.2 Å². The molecule has 5 nitrogen and oxygen atoms in total. The average molecular weight is 383 g/mol. The Kier molecular flexibility index (Phi) is 11.0. The zero-order chi connectivity index (χ0) is 19.3. The molecule has 0 fully saturated rings. The molecule has 0 aliphatic rings. The summed E-state index contributed by atoms with van der Waals surface area (Å²) in [6, 6.07) is 6.58. The molecule has 0 aliphatic carbocycles. The first-order valence-corrected chi connectivity index (χ1v) is 11.4. The van der Waals surface area contributed by atoms with Gasteiger partial charge in [-0.15, -0.1) is 0 Å². The van der Waals surface area contributed by atoms with Crippen molar-refractivity contribution in [2.45, 2.75) is 78.1 Å². The van der Waals surface area contributed by atoms with E-state index in [1.807, 2.05) is 0 Å². The summed E-state index contributed by atoms with van der Waals surface area (Å²) >= 11 is 0. The first-order chi connectivity index (χ1) is 12.4. The maximum atomic E-state index is 12.0. The molecule has 148 valence electrons. The number of phenols is 1. The fourth-order valence-electron chi connectivity index (χ4n) is 2.76. The second-order valence-corrected chi connectivity index (χ2v) is 8.66. The van der Waals surface area contributed by atoms with Gasteiger partial charge in [-0.1, -0.05) is 76.8 Å². The van der Waals surface area contributed by atoms with E-state index in [9.17, 15) is 13.5 Å². The predicted octanol–water partition coefficient (Wildman–Crippen LogP) is 4.96. The summed E-state index contributed by atoms with van der Waals surface area (Å²) in [6.07, 6.45) is 11.7. The van der Waals surface area contributed by atoms with Crippen LogP contribution in [0.1, 0.15) is 83.6 Å². The van der Waals surface area contributed by atoms with Crippen LogP contribution in [-0.4, -0.2) is 25.0 Å². The van der Waals surface area contributed by atoms with Crippen LogP contribution in [0.25, 0.3) is 0 Å². The van der Waals surface area contributed by atoms with E-state index in [0.717, 1.165) is 12.8 Å². The average Bonchev–Trinajstić information content (AvgIpc) is 2.61. The molecule has 0 bridgehead atoms. The minimum atomic E-state index is -3.40. The van der Waals surface area contributed by atoms with Crippen LogP contribution in [0.3, 0.4) is 0 Å². The summed E-state index contributed by atoms with van der Waals surface area (Å²) in [5, 5.41) is 13.4. The van der Waals surface area contributed by atoms with E-state index >= 15 is 0 Å². The molecule has 0 heterocycles. The summed E-state index contributed by atoms with van der Waals surface area (Å²) in [5.41, 5.74) is 1.21. The van der Waals surface area contributed by atoms with Gasteiger partial charge < -0.3 is 5.11 Å². The second kappa shape index (κ2) is 12.7. The van der Waals surface area contributed by atoms with Crippen molar-refractivity contribution in [3.05, 3.63) is 29.8 Å². The first-order valence-electron chi connectivity index (χ1n) is 9.78. The van der Waals surface area contributed by atoms with Gasteiger partial charge >= 0.3 is 0 Å². The number of nitrogens with zero attached hydrogens (tertiary/aromatic N) is 1. The Morgan fingerprint density at radius 3 is 2.15 bits per heavy atom. The fourth-order valence-corrected chi connectivity index (χ4v) is 3.71. The fraction of sp³-hybridized carbons (Fsp3) is 0.650. The van der Waals surface area contributed by atoms with E-state index in [-0.39, 0.29) is 11.5 Å². The van der Waals surface area contributed by atoms with Crippen LogP contribution in [0.4, 0.5) is 0 Å². The lowest BCUT2D eigenvalue weighted by Crippen LogP contribution is -2.22. The number of hydrazone groups is 1. The lowest BCUT2D eigenvalue weighted by Gasteiger charge is -2.06. The number of nitrogens with one attached hydrogen (secondary N) is 1. The molecule has 2 N–H and O–H groups in total. The van der Waals surface area contributed by atoms with Gasteiger partial charge in [-0.2, -0.15) is 5.10 Å². The Hall–Kier alpha value is -1.56. The topological polar surface area (TPSA) is 78.8 Å². The van der Waals surface area contributed by atoms with Crippen LogP contribution in [0.2, 0.25) is 0 Å². The summed E-state index contributed by atoms with van der Waals surface area (Å²) in [4.78, 5) is 2.29. The highest BCUT2D eigenvalue weighted by atomic mass is 32.2. The molecule has 0 saturated carbocycles. The highest BCUT2D eigenvalue weighted by molar-refractivity contribution is 7.89. The minimum absolute atomic E-state index is 0.0975. The van der Waals surface area contributed by atoms with Gasteiger partial charge in [-0.3, -0.25) is 0 Å². The molecule has 0 spiro atoms. The number of sulfonamides is 1. The Morgan fingerprint density at radius 1 is 1.00 bits per heavy atom. The van der Waals surface area contributed by atoms with E-state index in [2.05, 4.69) is 16.9 Å². The molecule has 0 unspecified atom stereocenters. The lowest BCUT2D eigenvalue weighted by atomic mass is 10.1. The number of rotatable bonds is 14. The van der Waals surface area contributed by atoms with Crippen LogP contribution in [0.15, 0.2) is 29.4 Å². The quantitative estimate of drug-likeness (QED) is 0.271.